The summed E-state index contributed by atoms with van der Waals surface area (Å²) in [5.41, 5.74) is 0.975. The number of aromatic nitrogens is 1. The number of hydrogen-bond donors (Lipinski definition) is 0. The molecule has 0 bridgehead atoms. The second-order valence-corrected chi connectivity index (χ2v) is 4.85. The van der Waals surface area contributed by atoms with E-state index < -0.39 is 0 Å². The zero-order valence-corrected chi connectivity index (χ0v) is 10.9. The molecule has 2 nitrogen and oxygen atoms in total. The Morgan fingerprint density at radius 3 is 3.00 bits per heavy atom. The lowest BCUT2D eigenvalue weighted by molar-refractivity contribution is 0.640. The number of hydrogen-bond acceptors (Lipinski definition) is 2. The number of pyridine rings is 1. The van der Waals surface area contributed by atoms with Gasteiger partial charge in [-0.25, -0.2) is 4.98 Å². The first-order chi connectivity index (χ1) is 7.76. The van der Waals surface area contributed by atoms with Crippen molar-refractivity contribution in [2.75, 3.05) is 11.4 Å². The van der Waals surface area contributed by atoms with E-state index in [1.165, 1.54) is 12.8 Å². The molecule has 16 heavy (non-hydrogen) atoms. The molecule has 0 amide bonds. The summed E-state index contributed by atoms with van der Waals surface area (Å²) >= 11 is 12.0. The lowest BCUT2D eigenvalue weighted by Gasteiger charge is -2.25. The number of nitrogens with zero attached hydrogens (tertiary/aromatic N) is 2. The smallest absolute Gasteiger partial charge is 0.147 e. The molecule has 0 saturated carbocycles. The zero-order valence-electron chi connectivity index (χ0n) is 9.42. The largest absolute Gasteiger partial charge is 0.352 e. The average molecular weight is 259 g/mol. The van der Waals surface area contributed by atoms with E-state index in [-0.39, 0.29) is 0 Å². The van der Waals surface area contributed by atoms with Crippen molar-refractivity contribution in [1.82, 2.24) is 4.98 Å². The third kappa shape index (κ3) is 2.28. The van der Waals surface area contributed by atoms with Crippen LogP contribution in [-0.4, -0.2) is 17.6 Å². The highest BCUT2D eigenvalue weighted by atomic mass is 35.5. The molecule has 4 heteroatoms. The van der Waals surface area contributed by atoms with Gasteiger partial charge in [0, 0.05) is 24.7 Å². The first-order valence-corrected chi connectivity index (χ1v) is 6.64. The normalized spacial score (nSPS) is 20.4. The summed E-state index contributed by atoms with van der Waals surface area (Å²) in [4.78, 5) is 6.76. The molecule has 0 radical (unpaired) electrons. The van der Waals surface area contributed by atoms with E-state index in [0.29, 0.717) is 11.9 Å². The number of rotatable bonds is 3. The highest BCUT2D eigenvalue weighted by molar-refractivity contribution is 6.33. The van der Waals surface area contributed by atoms with Gasteiger partial charge >= 0.3 is 0 Å². The molecule has 1 aromatic rings. The van der Waals surface area contributed by atoms with E-state index in [0.717, 1.165) is 29.4 Å². The molecular formula is C12H16Cl2N2. The van der Waals surface area contributed by atoms with Gasteiger partial charge in [-0.1, -0.05) is 18.5 Å². The Labute approximate surface area is 107 Å². The standard InChI is InChI=1S/C12H16Cl2N2/c1-2-10-4-3-5-16(10)12-11(14)6-9(7-13)8-15-12/h6,8,10H,2-5,7H2,1H3. The van der Waals surface area contributed by atoms with E-state index >= 15 is 0 Å². The van der Waals surface area contributed by atoms with Gasteiger partial charge in [-0.15, -0.1) is 11.6 Å². The minimum Gasteiger partial charge on any atom is -0.352 e. The predicted molar refractivity (Wildman–Crippen MR) is 69.5 cm³/mol. The van der Waals surface area contributed by atoms with Crippen LogP contribution in [0.15, 0.2) is 12.3 Å². The van der Waals surface area contributed by atoms with Gasteiger partial charge in [-0.05, 0) is 30.9 Å². The fourth-order valence-corrected chi connectivity index (χ4v) is 2.74. The average Bonchev–Trinajstić information content (AvgIpc) is 2.76. The SMILES string of the molecule is CCC1CCCN1c1ncc(CCl)cc1Cl. The van der Waals surface area contributed by atoms with Crippen LogP contribution in [-0.2, 0) is 5.88 Å². The quantitative estimate of drug-likeness (QED) is 0.766. The molecule has 1 saturated heterocycles. The van der Waals surface area contributed by atoms with Crippen molar-refractivity contribution in [3.05, 3.63) is 22.8 Å². The van der Waals surface area contributed by atoms with E-state index in [4.69, 9.17) is 23.2 Å². The Hall–Kier alpha value is -0.470. The second-order valence-electron chi connectivity index (χ2n) is 4.18. The highest BCUT2D eigenvalue weighted by Gasteiger charge is 2.25. The van der Waals surface area contributed by atoms with Gasteiger partial charge < -0.3 is 4.90 Å². The molecule has 0 aromatic carbocycles. The number of alkyl halides is 1. The molecule has 88 valence electrons. The molecule has 0 spiro atoms. The summed E-state index contributed by atoms with van der Waals surface area (Å²) in [5, 5.41) is 0.721. The Morgan fingerprint density at radius 1 is 1.56 bits per heavy atom. The highest BCUT2D eigenvalue weighted by Crippen LogP contribution is 2.31. The number of anilines is 1. The van der Waals surface area contributed by atoms with Crippen LogP contribution in [0.3, 0.4) is 0 Å². The van der Waals surface area contributed by atoms with Gasteiger partial charge in [0.05, 0.1) is 5.02 Å². The Bertz CT molecular complexity index is 368. The van der Waals surface area contributed by atoms with E-state index in [1.807, 2.05) is 12.3 Å². The van der Waals surface area contributed by atoms with Gasteiger partial charge in [0.25, 0.3) is 0 Å². The van der Waals surface area contributed by atoms with Crippen molar-refractivity contribution in [2.45, 2.75) is 38.1 Å². The Balaban J connectivity index is 2.26. The molecule has 2 heterocycles. The van der Waals surface area contributed by atoms with Gasteiger partial charge in [0.2, 0.25) is 0 Å². The van der Waals surface area contributed by atoms with Gasteiger partial charge in [-0.2, -0.15) is 0 Å². The molecule has 0 N–H and O–H groups in total. The van der Waals surface area contributed by atoms with Crippen molar-refractivity contribution in [3.63, 3.8) is 0 Å². The summed E-state index contributed by atoms with van der Waals surface area (Å²) in [6.45, 7) is 3.27. The van der Waals surface area contributed by atoms with Crippen LogP contribution in [0.1, 0.15) is 31.7 Å². The minimum atomic E-state index is 0.463. The minimum absolute atomic E-state index is 0.463. The molecule has 1 aliphatic heterocycles. The lowest BCUT2D eigenvalue weighted by atomic mass is 10.2. The van der Waals surface area contributed by atoms with Crippen molar-refractivity contribution < 1.29 is 0 Å². The Morgan fingerprint density at radius 2 is 2.38 bits per heavy atom. The van der Waals surface area contributed by atoms with Crippen LogP contribution >= 0.6 is 23.2 Å². The first-order valence-electron chi connectivity index (χ1n) is 5.73. The van der Waals surface area contributed by atoms with Gasteiger partial charge in [0.15, 0.2) is 0 Å². The Kier molecular flexibility index (Phi) is 3.93. The predicted octanol–water partition coefficient (Wildman–Crippen LogP) is 3.85. The van der Waals surface area contributed by atoms with Crippen LogP contribution in [0, 0.1) is 0 Å². The molecular weight excluding hydrogens is 243 g/mol. The first kappa shape index (κ1) is 12.0. The maximum atomic E-state index is 6.25. The summed E-state index contributed by atoms with van der Waals surface area (Å²) in [6.07, 6.45) is 5.44. The molecule has 0 aliphatic carbocycles. The molecule has 1 unspecified atom stereocenters. The fourth-order valence-electron chi connectivity index (χ4n) is 2.29. The van der Waals surface area contributed by atoms with E-state index in [2.05, 4.69) is 16.8 Å². The van der Waals surface area contributed by atoms with Crippen LogP contribution in [0.5, 0.6) is 0 Å². The molecule has 1 atom stereocenters. The fraction of sp³-hybridized carbons (Fsp3) is 0.583. The molecule has 1 aliphatic rings. The van der Waals surface area contributed by atoms with E-state index in [1.54, 1.807) is 0 Å². The van der Waals surface area contributed by atoms with Crippen LogP contribution < -0.4 is 4.90 Å². The van der Waals surface area contributed by atoms with Gasteiger partial charge in [0.1, 0.15) is 5.82 Å². The summed E-state index contributed by atoms with van der Waals surface area (Å²) < 4.78 is 0. The molecule has 1 fully saturated rings. The molecule has 1 aromatic heterocycles. The third-order valence-corrected chi connectivity index (χ3v) is 3.74. The summed E-state index contributed by atoms with van der Waals surface area (Å²) in [6, 6.07) is 2.51. The van der Waals surface area contributed by atoms with E-state index in [9.17, 15) is 0 Å². The molecule has 2 rings (SSSR count). The van der Waals surface area contributed by atoms with Crippen LogP contribution in [0.4, 0.5) is 5.82 Å². The maximum Gasteiger partial charge on any atom is 0.147 e. The number of halogens is 2. The summed E-state index contributed by atoms with van der Waals surface area (Å²) in [5.74, 6) is 1.38. The van der Waals surface area contributed by atoms with Crippen molar-refractivity contribution in [2.24, 2.45) is 0 Å². The van der Waals surface area contributed by atoms with Crippen molar-refractivity contribution >= 4 is 29.0 Å². The van der Waals surface area contributed by atoms with Crippen molar-refractivity contribution in [3.8, 4) is 0 Å². The maximum absolute atomic E-state index is 6.25. The summed E-state index contributed by atoms with van der Waals surface area (Å²) in [7, 11) is 0. The lowest BCUT2D eigenvalue weighted by Crippen LogP contribution is -2.29. The van der Waals surface area contributed by atoms with Crippen LogP contribution in [0.2, 0.25) is 5.02 Å². The monoisotopic (exact) mass is 258 g/mol. The van der Waals surface area contributed by atoms with Gasteiger partial charge in [-0.3, -0.25) is 0 Å². The van der Waals surface area contributed by atoms with Crippen LogP contribution in [0.25, 0.3) is 0 Å². The topological polar surface area (TPSA) is 16.1 Å². The third-order valence-electron chi connectivity index (χ3n) is 3.15. The zero-order chi connectivity index (χ0) is 11.5. The van der Waals surface area contributed by atoms with Crippen molar-refractivity contribution in [1.29, 1.82) is 0 Å². The second kappa shape index (κ2) is 5.24.